The average Bonchev–Trinajstić information content (AvgIpc) is 2.93. The Morgan fingerprint density at radius 3 is 2.71 bits per heavy atom. The largest absolute Gasteiger partial charge is 0.493 e. The van der Waals surface area contributed by atoms with E-state index in [0.717, 1.165) is 0 Å². The monoisotopic (exact) mass is 344 g/mol. The zero-order valence-corrected chi connectivity index (χ0v) is 13.4. The Kier molecular flexibility index (Phi) is 5.36. The highest BCUT2D eigenvalue weighted by Crippen LogP contribution is 2.38. The number of benzene rings is 1. The van der Waals surface area contributed by atoms with E-state index in [0.29, 0.717) is 30.6 Å². The van der Waals surface area contributed by atoms with Gasteiger partial charge < -0.3 is 15.0 Å². The van der Waals surface area contributed by atoms with Gasteiger partial charge in [0.05, 0.1) is 12.0 Å². The number of nitrogens with two attached hydrogens (primary N) is 1. The minimum atomic E-state index is -4.58. The molecule has 0 saturated carbocycles. The smallest absolute Gasteiger partial charge is 0.437 e. The number of aryl methyl sites for hydroxylation is 1. The normalized spacial score (nSPS) is 13.2. The number of rotatable bonds is 7. The molecule has 132 valence electrons. The number of carbonyl (C=O) groups excluding carboxylic acids is 1. The molecule has 0 fully saturated rings. The van der Waals surface area contributed by atoms with E-state index in [1.165, 1.54) is 12.1 Å². The fraction of sp³-hybridized carbons (Fsp3) is 0.500. The van der Waals surface area contributed by atoms with Gasteiger partial charge in [-0.2, -0.15) is 13.2 Å². The second-order valence-corrected chi connectivity index (χ2v) is 5.64. The number of alkyl halides is 3. The van der Waals surface area contributed by atoms with Gasteiger partial charge in [0.2, 0.25) is 5.91 Å². The van der Waals surface area contributed by atoms with Crippen LogP contribution in [0.4, 0.5) is 13.2 Å². The van der Waals surface area contributed by atoms with E-state index < -0.39 is 17.8 Å². The van der Waals surface area contributed by atoms with Gasteiger partial charge in [0.1, 0.15) is 5.75 Å². The molecule has 1 aromatic carbocycles. The number of amides is 1. The van der Waals surface area contributed by atoms with E-state index in [2.05, 4.69) is 5.16 Å². The van der Waals surface area contributed by atoms with Crippen molar-refractivity contribution < 1.29 is 27.2 Å². The molecule has 2 N–H and O–H groups in total. The quantitative estimate of drug-likeness (QED) is 0.831. The SMILES string of the molecule is CCCc1c(OCCC(C)C(N)=O)ccc2c(C(F)(F)F)noc12. The number of carbonyl (C=O) groups is 1. The van der Waals surface area contributed by atoms with E-state index in [1.807, 2.05) is 6.92 Å². The van der Waals surface area contributed by atoms with E-state index in [9.17, 15) is 18.0 Å². The first-order chi connectivity index (χ1) is 11.3. The summed E-state index contributed by atoms with van der Waals surface area (Å²) in [5, 5.41) is 3.09. The standard InChI is InChI=1S/C16H19F3N2O3/c1-3-4-10-12(23-8-7-9(2)15(20)22)6-5-11-13(10)24-21-14(11)16(17,18)19/h5-6,9H,3-4,7-8H2,1-2H3,(H2,20,22). The van der Waals surface area contributed by atoms with Crippen molar-refractivity contribution in [1.82, 2.24) is 5.16 Å². The van der Waals surface area contributed by atoms with Gasteiger partial charge >= 0.3 is 6.18 Å². The van der Waals surface area contributed by atoms with Crippen molar-refractivity contribution in [2.45, 2.75) is 39.3 Å². The maximum atomic E-state index is 12.9. The molecule has 0 saturated heterocycles. The topological polar surface area (TPSA) is 78.4 Å². The molecule has 2 rings (SSSR count). The van der Waals surface area contributed by atoms with Gasteiger partial charge in [0, 0.05) is 11.5 Å². The number of ether oxygens (including phenoxy) is 1. The summed E-state index contributed by atoms with van der Waals surface area (Å²) in [6.45, 7) is 3.82. The lowest BCUT2D eigenvalue weighted by Gasteiger charge is -2.13. The predicted octanol–water partition coefficient (Wildman–Crippen LogP) is 3.69. The van der Waals surface area contributed by atoms with Gasteiger partial charge in [-0.25, -0.2) is 0 Å². The van der Waals surface area contributed by atoms with Crippen LogP contribution in [0.5, 0.6) is 5.75 Å². The van der Waals surface area contributed by atoms with Crippen LogP contribution in [-0.4, -0.2) is 17.7 Å². The van der Waals surface area contributed by atoms with Crippen LogP contribution in [-0.2, 0) is 17.4 Å². The van der Waals surface area contributed by atoms with Crippen LogP contribution in [0.25, 0.3) is 11.0 Å². The summed E-state index contributed by atoms with van der Waals surface area (Å²) in [6, 6.07) is 2.77. The zero-order valence-electron chi connectivity index (χ0n) is 13.4. The fourth-order valence-electron chi connectivity index (χ4n) is 2.36. The van der Waals surface area contributed by atoms with Gasteiger partial charge in [-0.1, -0.05) is 25.4 Å². The molecule has 1 aromatic heterocycles. The van der Waals surface area contributed by atoms with E-state index >= 15 is 0 Å². The Labute approximate surface area is 136 Å². The minimum absolute atomic E-state index is 0.0798. The van der Waals surface area contributed by atoms with Crippen LogP contribution >= 0.6 is 0 Å². The van der Waals surface area contributed by atoms with Crippen molar-refractivity contribution >= 4 is 16.9 Å². The minimum Gasteiger partial charge on any atom is -0.493 e. The predicted molar refractivity (Wildman–Crippen MR) is 81.5 cm³/mol. The second-order valence-electron chi connectivity index (χ2n) is 5.64. The molecule has 0 aliphatic carbocycles. The van der Waals surface area contributed by atoms with Crippen molar-refractivity contribution in [3.63, 3.8) is 0 Å². The second kappa shape index (κ2) is 7.11. The molecule has 2 aromatic rings. The first kappa shape index (κ1) is 18.1. The molecule has 1 unspecified atom stereocenters. The lowest BCUT2D eigenvalue weighted by Crippen LogP contribution is -2.22. The molecular weight excluding hydrogens is 325 g/mol. The number of halogens is 3. The molecule has 0 radical (unpaired) electrons. The Hall–Kier alpha value is -2.25. The van der Waals surface area contributed by atoms with Crippen LogP contribution < -0.4 is 10.5 Å². The summed E-state index contributed by atoms with van der Waals surface area (Å²) >= 11 is 0. The lowest BCUT2D eigenvalue weighted by atomic mass is 10.0. The van der Waals surface area contributed by atoms with E-state index in [-0.39, 0.29) is 23.5 Å². The van der Waals surface area contributed by atoms with E-state index in [4.69, 9.17) is 15.0 Å². The summed E-state index contributed by atoms with van der Waals surface area (Å²) in [7, 11) is 0. The van der Waals surface area contributed by atoms with Crippen LogP contribution in [0.3, 0.4) is 0 Å². The summed E-state index contributed by atoms with van der Waals surface area (Å²) in [6.07, 6.45) is -2.96. The van der Waals surface area contributed by atoms with Crippen molar-refractivity contribution in [3.8, 4) is 5.75 Å². The number of hydrogen-bond acceptors (Lipinski definition) is 4. The van der Waals surface area contributed by atoms with Crippen molar-refractivity contribution in [3.05, 3.63) is 23.4 Å². The maximum Gasteiger partial charge on any atom is 0.437 e. The molecule has 24 heavy (non-hydrogen) atoms. The first-order valence-electron chi connectivity index (χ1n) is 7.66. The third-order valence-corrected chi connectivity index (χ3v) is 3.76. The van der Waals surface area contributed by atoms with Crippen LogP contribution in [0.1, 0.15) is 37.9 Å². The number of hydrogen-bond donors (Lipinski definition) is 1. The van der Waals surface area contributed by atoms with Gasteiger partial charge in [0.25, 0.3) is 0 Å². The Balaban J connectivity index is 2.30. The first-order valence-corrected chi connectivity index (χ1v) is 7.66. The summed E-state index contributed by atoms with van der Waals surface area (Å²) in [5.41, 5.74) is 4.78. The highest BCUT2D eigenvalue weighted by Gasteiger charge is 2.37. The summed E-state index contributed by atoms with van der Waals surface area (Å²) < 4.78 is 49.4. The molecule has 1 atom stereocenters. The maximum absolute atomic E-state index is 12.9. The number of nitrogens with zero attached hydrogens (tertiary/aromatic N) is 1. The van der Waals surface area contributed by atoms with Gasteiger partial charge in [-0.3, -0.25) is 4.79 Å². The molecule has 5 nitrogen and oxygen atoms in total. The van der Waals surface area contributed by atoms with E-state index in [1.54, 1.807) is 6.92 Å². The molecule has 0 aliphatic heterocycles. The molecule has 1 heterocycles. The Morgan fingerprint density at radius 2 is 2.12 bits per heavy atom. The number of aromatic nitrogens is 1. The van der Waals surface area contributed by atoms with Crippen molar-refractivity contribution in [2.24, 2.45) is 11.7 Å². The number of primary amides is 1. The van der Waals surface area contributed by atoms with Gasteiger partial charge in [0.15, 0.2) is 11.3 Å². The highest BCUT2D eigenvalue weighted by molar-refractivity contribution is 5.85. The lowest BCUT2D eigenvalue weighted by molar-refractivity contribution is -0.141. The van der Waals surface area contributed by atoms with Crippen LogP contribution in [0.15, 0.2) is 16.7 Å². The fourth-order valence-corrected chi connectivity index (χ4v) is 2.36. The molecule has 8 heteroatoms. The Morgan fingerprint density at radius 1 is 1.42 bits per heavy atom. The molecule has 0 spiro atoms. The third-order valence-electron chi connectivity index (χ3n) is 3.76. The van der Waals surface area contributed by atoms with Crippen molar-refractivity contribution in [1.29, 1.82) is 0 Å². The van der Waals surface area contributed by atoms with Gasteiger partial charge in [-0.15, -0.1) is 0 Å². The zero-order chi connectivity index (χ0) is 17.9. The van der Waals surface area contributed by atoms with Gasteiger partial charge in [-0.05, 0) is 25.0 Å². The van der Waals surface area contributed by atoms with Crippen LogP contribution in [0, 0.1) is 5.92 Å². The average molecular weight is 344 g/mol. The Bertz CT molecular complexity index is 725. The van der Waals surface area contributed by atoms with Crippen molar-refractivity contribution in [2.75, 3.05) is 6.61 Å². The summed E-state index contributed by atoms with van der Waals surface area (Å²) in [5.74, 6) is -0.329. The van der Waals surface area contributed by atoms with Crippen LogP contribution in [0.2, 0.25) is 0 Å². The molecule has 0 bridgehead atoms. The molecule has 0 aliphatic rings. The number of fused-ring (bicyclic) bond motifs is 1. The third kappa shape index (κ3) is 3.80. The summed E-state index contributed by atoms with van der Waals surface area (Å²) in [4.78, 5) is 11.0. The molecular formula is C16H19F3N2O3. The highest BCUT2D eigenvalue weighted by atomic mass is 19.4. The molecule has 1 amide bonds.